The molecule has 2 N–H and O–H groups in total. The fraction of sp³-hybridized carbons (Fsp3) is 0.136. The molecule has 0 bridgehead atoms. The lowest BCUT2D eigenvalue weighted by Crippen LogP contribution is -2.23. The van der Waals surface area contributed by atoms with Crippen LogP contribution in [0.1, 0.15) is 37.4 Å². The molecule has 0 aliphatic carbocycles. The Morgan fingerprint density at radius 3 is 2.43 bits per heavy atom. The van der Waals surface area contributed by atoms with Crippen molar-refractivity contribution >= 4 is 29.1 Å². The zero-order valence-electron chi connectivity index (χ0n) is 15.6. The first kappa shape index (κ1) is 19.6. The van der Waals surface area contributed by atoms with E-state index in [4.69, 9.17) is 11.6 Å². The molecule has 3 aromatic rings. The summed E-state index contributed by atoms with van der Waals surface area (Å²) in [7, 11) is 0. The van der Waals surface area contributed by atoms with Gasteiger partial charge in [0.05, 0.1) is 11.1 Å². The Labute approximate surface area is 168 Å². The summed E-state index contributed by atoms with van der Waals surface area (Å²) in [6.45, 7) is 4.26. The molecule has 0 saturated carbocycles. The third-order valence-corrected chi connectivity index (χ3v) is 4.47. The number of halogens is 1. The number of carbonyl (C=O) groups is 2. The van der Waals surface area contributed by atoms with E-state index >= 15 is 0 Å². The average molecular weight is 394 g/mol. The van der Waals surface area contributed by atoms with Crippen LogP contribution < -0.4 is 10.6 Å². The Morgan fingerprint density at radius 2 is 1.71 bits per heavy atom. The first-order chi connectivity index (χ1) is 13.4. The van der Waals surface area contributed by atoms with Crippen LogP contribution in [0.15, 0.2) is 60.9 Å². The van der Waals surface area contributed by atoms with Crippen LogP contribution in [0, 0.1) is 13.8 Å². The summed E-state index contributed by atoms with van der Waals surface area (Å²) in [6.07, 6.45) is 2.87. The van der Waals surface area contributed by atoms with Gasteiger partial charge in [-0.3, -0.25) is 14.6 Å². The minimum atomic E-state index is -0.341. The van der Waals surface area contributed by atoms with Crippen molar-refractivity contribution < 1.29 is 9.59 Å². The molecule has 1 aromatic heterocycles. The smallest absolute Gasteiger partial charge is 0.257 e. The van der Waals surface area contributed by atoms with E-state index in [1.807, 2.05) is 38.1 Å². The van der Waals surface area contributed by atoms with E-state index < -0.39 is 0 Å². The normalized spacial score (nSPS) is 10.4. The number of aromatic nitrogens is 1. The van der Waals surface area contributed by atoms with Gasteiger partial charge in [0.1, 0.15) is 0 Å². The zero-order valence-corrected chi connectivity index (χ0v) is 16.4. The standard InChI is InChI=1S/C22H20ClN3O2/c1-14-4-3-5-16(8-14)11-25-21(27)17-10-18(13-24-12-17)22(28)26-20-7-6-19(23)9-15(20)2/h3-10,12-13H,11H2,1-2H3,(H,25,27)(H,26,28). The maximum atomic E-state index is 12.5. The molecule has 0 aliphatic heterocycles. The van der Waals surface area contributed by atoms with Crippen LogP contribution in [0.5, 0.6) is 0 Å². The van der Waals surface area contributed by atoms with E-state index in [2.05, 4.69) is 15.6 Å². The molecule has 0 unspecified atom stereocenters. The molecule has 1 heterocycles. The Morgan fingerprint density at radius 1 is 0.964 bits per heavy atom. The topological polar surface area (TPSA) is 71.1 Å². The zero-order chi connectivity index (χ0) is 20.1. The molecule has 142 valence electrons. The predicted molar refractivity (Wildman–Crippen MR) is 111 cm³/mol. The molecule has 0 aliphatic rings. The minimum Gasteiger partial charge on any atom is -0.348 e. The number of carbonyl (C=O) groups excluding carboxylic acids is 2. The highest BCUT2D eigenvalue weighted by Gasteiger charge is 2.12. The second-order valence-electron chi connectivity index (χ2n) is 6.55. The van der Waals surface area contributed by atoms with Gasteiger partial charge >= 0.3 is 0 Å². The van der Waals surface area contributed by atoms with Crippen molar-refractivity contribution in [1.29, 1.82) is 0 Å². The number of amides is 2. The van der Waals surface area contributed by atoms with Crippen molar-refractivity contribution in [3.05, 3.63) is 93.8 Å². The molecule has 0 spiro atoms. The van der Waals surface area contributed by atoms with Crippen molar-refractivity contribution in [2.45, 2.75) is 20.4 Å². The van der Waals surface area contributed by atoms with Gasteiger partial charge in [0, 0.05) is 29.6 Å². The van der Waals surface area contributed by atoms with Gasteiger partial charge in [-0.15, -0.1) is 0 Å². The second kappa shape index (κ2) is 8.67. The maximum Gasteiger partial charge on any atom is 0.257 e. The number of hydrogen-bond donors (Lipinski definition) is 2. The number of benzene rings is 2. The highest BCUT2D eigenvalue weighted by atomic mass is 35.5. The molecule has 28 heavy (non-hydrogen) atoms. The monoisotopic (exact) mass is 393 g/mol. The van der Waals surface area contributed by atoms with E-state index in [9.17, 15) is 9.59 Å². The number of anilines is 1. The minimum absolute atomic E-state index is 0.286. The Balaban J connectivity index is 1.68. The fourth-order valence-corrected chi connectivity index (χ4v) is 2.98. The number of nitrogens with one attached hydrogen (secondary N) is 2. The molecular formula is C22H20ClN3O2. The number of aryl methyl sites for hydroxylation is 2. The molecule has 5 nitrogen and oxygen atoms in total. The van der Waals surface area contributed by atoms with Gasteiger partial charge in [0.15, 0.2) is 0 Å². The Kier molecular flexibility index (Phi) is 6.06. The lowest BCUT2D eigenvalue weighted by molar-refractivity contribution is 0.0950. The van der Waals surface area contributed by atoms with Crippen LogP contribution in [-0.4, -0.2) is 16.8 Å². The van der Waals surface area contributed by atoms with Crippen LogP contribution in [0.3, 0.4) is 0 Å². The number of pyridine rings is 1. The van der Waals surface area contributed by atoms with E-state index in [1.165, 1.54) is 18.5 Å². The maximum absolute atomic E-state index is 12.5. The molecule has 0 saturated heterocycles. The van der Waals surface area contributed by atoms with Crippen LogP contribution in [0.2, 0.25) is 5.02 Å². The van der Waals surface area contributed by atoms with Gasteiger partial charge in [-0.05, 0) is 49.2 Å². The molecule has 2 amide bonds. The highest BCUT2D eigenvalue weighted by Crippen LogP contribution is 2.20. The largest absolute Gasteiger partial charge is 0.348 e. The van der Waals surface area contributed by atoms with Crippen LogP contribution >= 0.6 is 11.6 Å². The third kappa shape index (κ3) is 4.96. The van der Waals surface area contributed by atoms with Crippen molar-refractivity contribution in [1.82, 2.24) is 10.3 Å². The van der Waals surface area contributed by atoms with Crippen molar-refractivity contribution in [3.63, 3.8) is 0 Å². The molecule has 0 fully saturated rings. The van der Waals surface area contributed by atoms with Crippen molar-refractivity contribution in [2.75, 3.05) is 5.32 Å². The molecule has 0 radical (unpaired) electrons. The fourth-order valence-electron chi connectivity index (χ4n) is 2.76. The first-order valence-electron chi connectivity index (χ1n) is 8.78. The van der Waals surface area contributed by atoms with Gasteiger partial charge < -0.3 is 10.6 Å². The molecular weight excluding hydrogens is 374 g/mol. The molecule has 2 aromatic carbocycles. The average Bonchev–Trinajstić information content (AvgIpc) is 2.68. The van der Waals surface area contributed by atoms with Crippen LogP contribution in [0.4, 0.5) is 5.69 Å². The van der Waals surface area contributed by atoms with Crippen LogP contribution in [-0.2, 0) is 6.54 Å². The van der Waals surface area contributed by atoms with Crippen molar-refractivity contribution in [3.8, 4) is 0 Å². The van der Waals surface area contributed by atoms with E-state index in [-0.39, 0.29) is 11.8 Å². The van der Waals surface area contributed by atoms with Gasteiger partial charge in [-0.1, -0.05) is 41.4 Å². The quantitative estimate of drug-likeness (QED) is 0.668. The summed E-state index contributed by atoms with van der Waals surface area (Å²) >= 11 is 5.94. The van der Waals surface area contributed by atoms with Gasteiger partial charge in [-0.2, -0.15) is 0 Å². The summed E-state index contributed by atoms with van der Waals surface area (Å²) in [6, 6.07) is 14.6. The summed E-state index contributed by atoms with van der Waals surface area (Å²) in [5.74, 6) is -0.627. The summed E-state index contributed by atoms with van der Waals surface area (Å²) in [4.78, 5) is 29.0. The van der Waals surface area contributed by atoms with E-state index in [0.717, 1.165) is 16.7 Å². The Hall–Kier alpha value is -3.18. The van der Waals surface area contributed by atoms with Gasteiger partial charge in [0.25, 0.3) is 11.8 Å². The van der Waals surface area contributed by atoms with Gasteiger partial charge in [0.2, 0.25) is 0 Å². The number of rotatable bonds is 5. The summed E-state index contributed by atoms with van der Waals surface area (Å²) in [5, 5.41) is 6.26. The van der Waals surface area contributed by atoms with Gasteiger partial charge in [-0.25, -0.2) is 0 Å². The summed E-state index contributed by atoms with van der Waals surface area (Å²) < 4.78 is 0. The highest BCUT2D eigenvalue weighted by molar-refractivity contribution is 6.30. The lowest BCUT2D eigenvalue weighted by atomic mass is 10.1. The van der Waals surface area contributed by atoms with Crippen molar-refractivity contribution in [2.24, 2.45) is 0 Å². The molecule has 6 heteroatoms. The second-order valence-corrected chi connectivity index (χ2v) is 6.98. The SMILES string of the molecule is Cc1cccc(CNC(=O)c2cncc(C(=O)Nc3ccc(Cl)cc3C)c2)c1. The number of hydrogen-bond acceptors (Lipinski definition) is 3. The number of nitrogens with zero attached hydrogens (tertiary/aromatic N) is 1. The molecule has 3 rings (SSSR count). The van der Waals surface area contributed by atoms with Crippen LogP contribution in [0.25, 0.3) is 0 Å². The Bertz CT molecular complexity index is 1030. The summed E-state index contributed by atoms with van der Waals surface area (Å²) in [5.41, 5.74) is 4.27. The third-order valence-electron chi connectivity index (χ3n) is 4.23. The predicted octanol–water partition coefficient (Wildman–Crippen LogP) is 4.53. The lowest BCUT2D eigenvalue weighted by Gasteiger charge is -2.10. The van der Waals surface area contributed by atoms with E-state index in [1.54, 1.807) is 18.2 Å². The molecule has 0 atom stereocenters. The van der Waals surface area contributed by atoms with E-state index in [0.29, 0.717) is 28.4 Å². The first-order valence-corrected chi connectivity index (χ1v) is 9.16.